The van der Waals surface area contributed by atoms with Crippen molar-refractivity contribution < 1.29 is 14.3 Å². The molecule has 4 heteroatoms. The molecule has 0 aliphatic carbocycles. The Morgan fingerprint density at radius 1 is 1.20 bits per heavy atom. The Kier molecular flexibility index (Phi) is 4.58. The van der Waals surface area contributed by atoms with Gasteiger partial charge in [0.2, 0.25) is 0 Å². The van der Waals surface area contributed by atoms with Gasteiger partial charge in [0.25, 0.3) is 5.91 Å². The van der Waals surface area contributed by atoms with E-state index in [2.05, 4.69) is 5.32 Å². The van der Waals surface area contributed by atoms with Crippen molar-refractivity contribution in [2.75, 3.05) is 6.54 Å². The number of nitrogens with one attached hydrogen (secondary N) is 1. The minimum Gasteiger partial charge on any atom is -0.456 e. The lowest BCUT2D eigenvalue weighted by Crippen LogP contribution is -2.25. The lowest BCUT2D eigenvalue weighted by atomic mass is 10.1. The predicted molar refractivity (Wildman–Crippen MR) is 76.6 cm³/mol. The van der Waals surface area contributed by atoms with Crippen molar-refractivity contribution in [1.29, 1.82) is 0 Å². The Bertz CT molecular complexity index is 584. The van der Waals surface area contributed by atoms with E-state index in [4.69, 9.17) is 9.52 Å². The molecular formula is C16H19NO3. The summed E-state index contributed by atoms with van der Waals surface area (Å²) in [5.41, 5.74) is 2.86. The van der Waals surface area contributed by atoms with Crippen LogP contribution in [-0.4, -0.2) is 17.6 Å². The summed E-state index contributed by atoms with van der Waals surface area (Å²) in [6.07, 6.45) is 0.746. The van der Waals surface area contributed by atoms with E-state index in [0.717, 1.165) is 28.9 Å². The molecule has 0 atom stereocenters. The molecule has 0 saturated carbocycles. The molecule has 2 aromatic rings. The number of hydrogen-bond donors (Lipinski definition) is 2. The number of carbonyl (C=O) groups is 1. The first-order valence-electron chi connectivity index (χ1n) is 6.64. The van der Waals surface area contributed by atoms with E-state index < -0.39 is 0 Å². The van der Waals surface area contributed by atoms with Crippen molar-refractivity contribution >= 4 is 5.91 Å². The molecule has 0 aliphatic rings. The van der Waals surface area contributed by atoms with Crippen LogP contribution < -0.4 is 5.32 Å². The molecule has 20 heavy (non-hydrogen) atoms. The molecule has 0 saturated heterocycles. The van der Waals surface area contributed by atoms with E-state index in [1.807, 2.05) is 44.2 Å². The third-order valence-corrected chi connectivity index (χ3v) is 3.15. The number of benzene rings is 1. The normalized spacial score (nSPS) is 10.6. The smallest absolute Gasteiger partial charge is 0.287 e. The minimum atomic E-state index is -0.178. The molecule has 106 valence electrons. The van der Waals surface area contributed by atoms with E-state index in [1.165, 1.54) is 0 Å². The molecule has 0 bridgehead atoms. The number of hydrogen-bond acceptors (Lipinski definition) is 3. The zero-order valence-electron chi connectivity index (χ0n) is 11.8. The minimum absolute atomic E-state index is 0.0497. The molecule has 0 fully saturated rings. The van der Waals surface area contributed by atoms with Crippen molar-refractivity contribution in [3.8, 4) is 0 Å². The lowest BCUT2D eigenvalue weighted by Gasteiger charge is -2.05. The summed E-state index contributed by atoms with van der Waals surface area (Å²) in [4.78, 5) is 11.9. The second-order valence-electron chi connectivity index (χ2n) is 4.85. The number of aliphatic hydroxyl groups excluding tert-OH is 1. The van der Waals surface area contributed by atoms with Crippen molar-refractivity contribution in [2.45, 2.75) is 26.9 Å². The van der Waals surface area contributed by atoms with Crippen LogP contribution in [0.15, 0.2) is 34.7 Å². The number of aliphatic hydroxyl groups is 1. The van der Waals surface area contributed by atoms with Gasteiger partial charge in [-0.05, 0) is 37.5 Å². The third-order valence-electron chi connectivity index (χ3n) is 3.15. The fourth-order valence-electron chi connectivity index (χ4n) is 2.08. The van der Waals surface area contributed by atoms with Crippen LogP contribution in [0.25, 0.3) is 0 Å². The highest BCUT2D eigenvalue weighted by Crippen LogP contribution is 2.13. The summed E-state index contributed by atoms with van der Waals surface area (Å²) in [5, 5.41) is 11.8. The predicted octanol–water partition coefficient (Wildman–Crippen LogP) is 2.36. The van der Waals surface area contributed by atoms with E-state index in [1.54, 1.807) is 0 Å². The molecule has 2 N–H and O–H groups in total. The standard InChI is InChI=1S/C16H19NO3/c1-11-9-12(2)20-15(11)16(19)17-8-7-13-3-5-14(10-18)6-4-13/h3-6,9,18H,7-8,10H2,1-2H3,(H,17,19). The van der Waals surface area contributed by atoms with Crippen molar-refractivity contribution in [3.05, 3.63) is 58.5 Å². The molecule has 0 unspecified atom stereocenters. The number of aryl methyl sites for hydroxylation is 2. The monoisotopic (exact) mass is 273 g/mol. The molecule has 1 amide bonds. The Morgan fingerprint density at radius 3 is 2.40 bits per heavy atom. The Balaban J connectivity index is 1.86. The SMILES string of the molecule is Cc1cc(C)c(C(=O)NCCc2ccc(CO)cc2)o1. The van der Waals surface area contributed by atoms with E-state index >= 15 is 0 Å². The molecular weight excluding hydrogens is 254 g/mol. The van der Waals surface area contributed by atoms with Gasteiger partial charge >= 0.3 is 0 Å². The zero-order chi connectivity index (χ0) is 14.5. The Morgan fingerprint density at radius 2 is 1.85 bits per heavy atom. The van der Waals surface area contributed by atoms with Gasteiger partial charge in [-0.25, -0.2) is 0 Å². The summed E-state index contributed by atoms with van der Waals surface area (Å²) in [6.45, 7) is 4.29. The largest absolute Gasteiger partial charge is 0.456 e. The fourth-order valence-corrected chi connectivity index (χ4v) is 2.08. The van der Waals surface area contributed by atoms with Gasteiger partial charge in [0, 0.05) is 12.1 Å². The summed E-state index contributed by atoms with van der Waals surface area (Å²) < 4.78 is 5.37. The molecule has 4 nitrogen and oxygen atoms in total. The van der Waals surface area contributed by atoms with Gasteiger partial charge in [-0.2, -0.15) is 0 Å². The summed E-state index contributed by atoms with van der Waals surface area (Å²) in [5.74, 6) is 0.952. The summed E-state index contributed by atoms with van der Waals surface area (Å²) in [6, 6.07) is 9.54. The first kappa shape index (κ1) is 14.3. The molecule has 0 spiro atoms. The van der Waals surface area contributed by atoms with Gasteiger partial charge in [-0.1, -0.05) is 24.3 Å². The maximum atomic E-state index is 11.9. The summed E-state index contributed by atoms with van der Waals surface area (Å²) in [7, 11) is 0. The van der Waals surface area contributed by atoms with Crippen LogP contribution in [0, 0.1) is 13.8 Å². The molecule has 1 aromatic carbocycles. The highest BCUT2D eigenvalue weighted by Gasteiger charge is 2.13. The van der Waals surface area contributed by atoms with Gasteiger partial charge in [0.05, 0.1) is 6.61 Å². The third kappa shape index (κ3) is 3.48. The number of amides is 1. The van der Waals surface area contributed by atoms with Crippen LogP contribution in [0.5, 0.6) is 0 Å². The second kappa shape index (κ2) is 6.39. The van der Waals surface area contributed by atoms with Gasteiger partial charge in [0.1, 0.15) is 5.76 Å². The maximum absolute atomic E-state index is 11.9. The molecule has 0 aliphatic heterocycles. The first-order chi connectivity index (χ1) is 9.60. The Labute approximate surface area is 118 Å². The first-order valence-corrected chi connectivity index (χ1v) is 6.64. The summed E-state index contributed by atoms with van der Waals surface area (Å²) >= 11 is 0. The van der Waals surface area contributed by atoms with Crippen molar-refractivity contribution in [2.24, 2.45) is 0 Å². The second-order valence-corrected chi connectivity index (χ2v) is 4.85. The van der Waals surface area contributed by atoms with E-state index in [9.17, 15) is 4.79 Å². The molecule has 0 radical (unpaired) electrons. The van der Waals surface area contributed by atoms with Crippen LogP contribution in [0.3, 0.4) is 0 Å². The highest BCUT2D eigenvalue weighted by atomic mass is 16.3. The Hall–Kier alpha value is -2.07. The van der Waals surface area contributed by atoms with Gasteiger partial charge in [-0.3, -0.25) is 4.79 Å². The molecule has 1 heterocycles. The van der Waals surface area contributed by atoms with Crippen molar-refractivity contribution in [3.63, 3.8) is 0 Å². The quantitative estimate of drug-likeness (QED) is 0.879. The average molecular weight is 273 g/mol. The van der Waals surface area contributed by atoms with E-state index in [-0.39, 0.29) is 12.5 Å². The fraction of sp³-hybridized carbons (Fsp3) is 0.312. The van der Waals surface area contributed by atoms with Crippen LogP contribution >= 0.6 is 0 Å². The van der Waals surface area contributed by atoms with Crippen LogP contribution in [0.4, 0.5) is 0 Å². The number of furan rings is 1. The highest BCUT2D eigenvalue weighted by molar-refractivity contribution is 5.92. The van der Waals surface area contributed by atoms with Gasteiger partial charge < -0.3 is 14.8 Å². The van der Waals surface area contributed by atoms with Crippen LogP contribution in [-0.2, 0) is 13.0 Å². The van der Waals surface area contributed by atoms with Gasteiger partial charge in [0.15, 0.2) is 5.76 Å². The van der Waals surface area contributed by atoms with Crippen molar-refractivity contribution in [1.82, 2.24) is 5.32 Å². The lowest BCUT2D eigenvalue weighted by molar-refractivity contribution is 0.0924. The van der Waals surface area contributed by atoms with Gasteiger partial charge in [-0.15, -0.1) is 0 Å². The topological polar surface area (TPSA) is 62.5 Å². The van der Waals surface area contributed by atoms with Crippen LogP contribution in [0.1, 0.15) is 33.0 Å². The average Bonchev–Trinajstić information content (AvgIpc) is 2.78. The van der Waals surface area contributed by atoms with E-state index in [0.29, 0.717) is 12.3 Å². The zero-order valence-corrected chi connectivity index (χ0v) is 11.8. The number of rotatable bonds is 5. The van der Waals surface area contributed by atoms with Crippen LogP contribution in [0.2, 0.25) is 0 Å². The maximum Gasteiger partial charge on any atom is 0.287 e. The molecule has 2 rings (SSSR count). The number of carbonyl (C=O) groups excluding carboxylic acids is 1. The molecule has 1 aromatic heterocycles.